The maximum absolute atomic E-state index is 12.0. The SMILES string of the molecule is CNC(=O)CCNC(=O)c1csc(-c2ccc(C(C)C)cc2)n1. The van der Waals surface area contributed by atoms with Crippen molar-refractivity contribution in [2.24, 2.45) is 0 Å². The summed E-state index contributed by atoms with van der Waals surface area (Å²) in [4.78, 5) is 27.5. The lowest BCUT2D eigenvalue weighted by Gasteiger charge is -2.05. The highest BCUT2D eigenvalue weighted by atomic mass is 32.1. The molecule has 0 atom stereocenters. The first-order valence-electron chi connectivity index (χ1n) is 7.56. The molecule has 2 amide bonds. The van der Waals surface area contributed by atoms with Crippen LogP contribution in [-0.2, 0) is 4.79 Å². The van der Waals surface area contributed by atoms with Crippen molar-refractivity contribution in [1.82, 2.24) is 15.6 Å². The largest absolute Gasteiger partial charge is 0.359 e. The van der Waals surface area contributed by atoms with Gasteiger partial charge in [-0.15, -0.1) is 11.3 Å². The number of nitrogens with zero attached hydrogens (tertiary/aromatic N) is 1. The van der Waals surface area contributed by atoms with Gasteiger partial charge < -0.3 is 10.6 Å². The molecule has 0 fully saturated rings. The summed E-state index contributed by atoms with van der Waals surface area (Å²) in [5.74, 6) is 0.131. The molecule has 2 rings (SSSR count). The molecule has 0 spiro atoms. The fourth-order valence-electron chi connectivity index (χ4n) is 2.03. The maximum Gasteiger partial charge on any atom is 0.270 e. The number of hydrogen-bond acceptors (Lipinski definition) is 4. The third-order valence-electron chi connectivity index (χ3n) is 3.48. The smallest absolute Gasteiger partial charge is 0.270 e. The molecule has 122 valence electrons. The van der Waals surface area contributed by atoms with E-state index in [1.54, 1.807) is 12.4 Å². The maximum atomic E-state index is 12.0. The molecule has 1 aromatic heterocycles. The molecule has 0 radical (unpaired) electrons. The topological polar surface area (TPSA) is 71.1 Å². The van der Waals surface area contributed by atoms with Gasteiger partial charge in [0.05, 0.1) is 0 Å². The van der Waals surface area contributed by atoms with E-state index in [0.717, 1.165) is 10.6 Å². The Kier molecular flexibility index (Phi) is 5.87. The number of nitrogens with one attached hydrogen (secondary N) is 2. The van der Waals surface area contributed by atoms with Crippen LogP contribution in [0.15, 0.2) is 29.6 Å². The highest BCUT2D eigenvalue weighted by Crippen LogP contribution is 2.25. The molecule has 2 N–H and O–H groups in total. The summed E-state index contributed by atoms with van der Waals surface area (Å²) in [7, 11) is 1.57. The van der Waals surface area contributed by atoms with E-state index in [4.69, 9.17) is 0 Å². The first kappa shape index (κ1) is 17.1. The zero-order valence-electron chi connectivity index (χ0n) is 13.6. The van der Waals surface area contributed by atoms with Gasteiger partial charge in [-0.2, -0.15) is 0 Å². The molecular formula is C17H21N3O2S. The fraction of sp³-hybridized carbons (Fsp3) is 0.353. The predicted molar refractivity (Wildman–Crippen MR) is 92.7 cm³/mol. The Morgan fingerprint density at radius 1 is 1.22 bits per heavy atom. The molecule has 0 aliphatic carbocycles. The van der Waals surface area contributed by atoms with Crippen LogP contribution in [0.25, 0.3) is 10.6 Å². The molecule has 5 nitrogen and oxygen atoms in total. The second kappa shape index (κ2) is 7.87. The van der Waals surface area contributed by atoms with Crippen molar-refractivity contribution in [2.45, 2.75) is 26.2 Å². The van der Waals surface area contributed by atoms with Gasteiger partial charge in [0, 0.05) is 31.0 Å². The lowest BCUT2D eigenvalue weighted by atomic mass is 10.0. The van der Waals surface area contributed by atoms with Crippen LogP contribution < -0.4 is 10.6 Å². The van der Waals surface area contributed by atoms with Crippen LogP contribution in [0.3, 0.4) is 0 Å². The van der Waals surface area contributed by atoms with Crippen molar-refractivity contribution in [2.75, 3.05) is 13.6 Å². The van der Waals surface area contributed by atoms with Crippen LogP contribution in [0.4, 0.5) is 0 Å². The summed E-state index contributed by atoms with van der Waals surface area (Å²) in [6.45, 7) is 4.60. The first-order valence-corrected chi connectivity index (χ1v) is 8.44. The van der Waals surface area contributed by atoms with Gasteiger partial charge in [0.2, 0.25) is 5.91 Å². The number of aromatic nitrogens is 1. The van der Waals surface area contributed by atoms with E-state index in [1.807, 2.05) is 12.1 Å². The van der Waals surface area contributed by atoms with Crippen molar-refractivity contribution in [1.29, 1.82) is 0 Å². The van der Waals surface area contributed by atoms with Crippen molar-refractivity contribution in [3.05, 3.63) is 40.9 Å². The van der Waals surface area contributed by atoms with Crippen LogP contribution in [0.5, 0.6) is 0 Å². The van der Waals surface area contributed by atoms with Gasteiger partial charge in [0.25, 0.3) is 5.91 Å². The normalized spacial score (nSPS) is 10.6. The van der Waals surface area contributed by atoms with E-state index in [9.17, 15) is 9.59 Å². The Labute approximate surface area is 140 Å². The molecule has 1 heterocycles. The molecule has 0 aliphatic rings. The van der Waals surface area contributed by atoms with Crippen molar-refractivity contribution in [3.8, 4) is 10.6 Å². The van der Waals surface area contributed by atoms with Crippen molar-refractivity contribution < 1.29 is 9.59 Å². The zero-order chi connectivity index (χ0) is 16.8. The van der Waals surface area contributed by atoms with Gasteiger partial charge in [-0.05, 0) is 11.5 Å². The average molecular weight is 331 g/mol. The number of amides is 2. The highest BCUT2D eigenvalue weighted by Gasteiger charge is 2.12. The van der Waals surface area contributed by atoms with Gasteiger partial charge in [-0.25, -0.2) is 4.98 Å². The Balaban J connectivity index is 1.99. The Hall–Kier alpha value is -2.21. The standard InChI is InChI=1S/C17H21N3O2S/c1-11(2)12-4-6-13(7-5-12)17-20-14(10-23-17)16(22)19-9-8-15(21)18-3/h4-7,10-11H,8-9H2,1-3H3,(H,18,21)(H,19,22). The van der Waals surface area contributed by atoms with Crippen LogP contribution in [0.2, 0.25) is 0 Å². The first-order chi connectivity index (χ1) is 11.0. The van der Waals surface area contributed by atoms with Crippen molar-refractivity contribution >= 4 is 23.2 Å². The minimum Gasteiger partial charge on any atom is -0.359 e. The molecule has 2 aromatic rings. The summed E-state index contributed by atoms with van der Waals surface area (Å²) >= 11 is 1.44. The molecule has 0 aliphatic heterocycles. The van der Waals surface area contributed by atoms with E-state index in [-0.39, 0.29) is 18.2 Å². The van der Waals surface area contributed by atoms with E-state index in [2.05, 4.69) is 41.6 Å². The molecular weight excluding hydrogens is 310 g/mol. The number of hydrogen-bond donors (Lipinski definition) is 2. The van der Waals surface area contributed by atoms with Crippen LogP contribution >= 0.6 is 11.3 Å². The summed E-state index contributed by atoms with van der Waals surface area (Å²) in [6.07, 6.45) is 0.260. The second-order valence-corrected chi connectivity index (χ2v) is 6.35. The average Bonchev–Trinajstić information content (AvgIpc) is 3.04. The third kappa shape index (κ3) is 4.63. The number of carbonyl (C=O) groups is 2. The van der Waals surface area contributed by atoms with Gasteiger partial charge in [-0.3, -0.25) is 9.59 Å². The third-order valence-corrected chi connectivity index (χ3v) is 4.37. The number of thiazole rings is 1. The predicted octanol–water partition coefficient (Wildman–Crippen LogP) is 2.80. The minimum absolute atomic E-state index is 0.102. The second-order valence-electron chi connectivity index (χ2n) is 5.49. The molecule has 1 aromatic carbocycles. The van der Waals surface area contributed by atoms with Gasteiger partial charge in [-0.1, -0.05) is 38.1 Å². The lowest BCUT2D eigenvalue weighted by Crippen LogP contribution is -2.29. The van der Waals surface area contributed by atoms with Crippen LogP contribution in [0, 0.1) is 0 Å². The molecule has 0 saturated carbocycles. The summed E-state index contributed by atoms with van der Waals surface area (Å²) in [5.41, 5.74) is 2.66. The fourth-order valence-corrected chi connectivity index (χ4v) is 2.83. The molecule has 0 bridgehead atoms. The Morgan fingerprint density at radius 3 is 2.52 bits per heavy atom. The zero-order valence-corrected chi connectivity index (χ0v) is 14.4. The number of carbonyl (C=O) groups excluding carboxylic acids is 2. The summed E-state index contributed by atoms with van der Waals surface area (Å²) in [6, 6.07) is 8.23. The molecule has 0 unspecified atom stereocenters. The van der Waals surface area contributed by atoms with Crippen LogP contribution in [-0.4, -0.2) is 30.4 Å². The quantitative estimate of drug-likeness (QED) is 0.855. The minimum atomic E-state index is -0.254. The van der Waals surface area contributed by atoms with E-state index < -0.39 is 0 Å². The molecule has 6 heteroatoms. The monoisotopic (exact) mass is 331 g/mol. The van der Waals surface area contributed by atoms with Crippen molar-refractivity contribution in [3.63, 3.8) is 0 Å². The summed E-state index contributed by atoms with van der Waals surface area (Å²) < 4.78 is 0. The number of rotatable bonds is 6. The Morgan fingerprint density at radius 2 is 1.91 bits per heavy atom. The highest BCUT2D eigenvalue weighted by molar-refractivity contribution is 7.13. The van der Waals surface area contributed by atoms with Crippen LogP contribution in [0.1, 0.15) is 42.2 Å². The number of benzene rings is 1. The summed E-state index contributed by atoms with van der Waals surface area (Å²) in [5, 5.41) is 7.76. The van der Waals surface area contributed by atoms with E-state index in [0.29, 0.717) is 18.2 Å². The molecule has 23 heavy (non-hydrogen) atoms. The molecule has 0 saturated heterocycles. The van der Waals surface area contributed by atoms with Gasteiger partial charge >= 0.3 is 0 Å². The van der Waals surface area contributed by atoms with E-state index >= 15 is 0 Å². The van der Waals surface area contributed by atoms with E-state index in [1.165, 1.54) is 16.9 Å². The van der Waals surface area contributed by atoms with Gasteiger partial charge in [0.1, 0.15) is 10.7 Å². The van der Waals surface area contributed by atoms with Gasteiger partial charge in [0.15, 0.2) is 0 Å². The lowest BCUT2D eigenvalue weighted by molar-refractivity contribution is -0.120. The Bertz CT molecular complexity index is 677.